The molecule has 2 aromatic carbocycles. The fraction of sp³-hybridized carbons (Fsp3) is 0.316. The molecule has 128 valence electrons. The smallest absolute Gasteiger partial charge is 0.302 e. The van der Waals surface area contributed by atoms with E-state index >= 15 is 0 Å². The van der Waals surface area contributed by atoms with E-state index in [2.05, 4.69) is 0 Å². The molecule has 5 heteroatoms. The highest BCUT2D eigenvalue weighted by atomic mass is 35.5. The summed E-state index contributed by atoms with van der Waals surface area (Å²) in [5, 5.41) is 0.681. The summed E-state index contributed by atoms with van der Waals surface area (Å²) >= 11 is 5.84. The van der Waals surface area contributed by atoms with Crippen LogP contribution in [-0.2, 0) is 16.1 Å². The topological polar surface area (TPSA) is 44.8 Å². The van der Waals surface area contributed by atoms with Gasteiger partial charge in [-0.05, 0) is 55.8 Å². The standard InChI is InChI=1S/C19H21ClO4/c1-14(21)23-13-19(2,3)24-18-8-4-15(5-9-18)12-22-17-10-6-16(20)7-11-17/h4-11H,12-13H2,1-3H3. The molecule has 0 spiro atoms. The molecule has 0 aromatic heterocycles. The van der Waals surface area contributed by atoms with Crippen LogP contribution in [0.1, 0.15) is 26.3 Å². The fourth-order valence-electron chi connectivity index (χ4n) is 1.98. The van der Waals surface area contributed by atoms with Crippen LogP contribution in [0.25, 0.3) is 0 Å². The molecule has 0 aliphatic heterocycles. The van der Waals surface area contributed by atoms with Gasteiger partial charge in [0.2, 0.25) is 0 Å². The van der Waals surface area contributed by atoms with Crippen LogP contribution < -0.4 is 9.47 Å². The molecule has 24 heavy (non-hydrogen) atoms. The van der Waals surface area contributed by atoms with E-state index in [1.54, 1.807) is 12.1 Å². The maximum absolute atomic E-state index is 10.9. The van der Waals surface area contributed by atoms with Gasteiger partial charge in [0.15, 0.2) is 0 Å². The Bertz CT molecular complexity index is 663. The van der Waals surface area contributed by atoms with E-state index in [0.29, 0.717) is 17.4 Å². The largest absolute Gasteiger partial charge is 0.489 e. The first-order valence-electron chi connectivity index (χ1n) is 7.64. The minimum atomic E-state index is -0.590. The zero-order valence-corrected chi connectivity index (χ0v) is 14.8. The molecule has 0 fully saturated rings. The Morgan fingerprint density at radius 1 is 1.00 bits per heavy atom. The Morgan fingerprint density at radius 2 is 1.58 bits per heavy atom. The highest BCUT2D eigenvalue weighted by molar-refractivity contribution is 6.30. The number of hydrogen-bond donors (Lipinski definition) is 0. The lowest BCUT2D eigenvalue weighted by molar-refractivity contribution is -0.146. The van der Waals surface area contributed by atoms with Crippen LogP contribution in [0.2, 0.25) is 5.02 Å². The van der Waals surface area contributed by atoms with Crippen molar-refractivity contribution in [2.75, 3.05) is 6.61 Å². The molecule has 0 aliphatic carbocycles. The van der Waals surface area contributed by atoms with Crippen LogP contribution in [0.3, 0.4) is 0 Å². The zero-order valence-electron chi connectivity index (χ0n) is 14.0. The first-order valence-corrected chi connectivity index (χ1v) is 8.01. The van der Waals surface area contributed by atoms with Crippen molar-refractivity contribution in [3.05, 3.63) is 59.1 Å². The molecular formula is C19H21ClO4. The molecule has 2 rings (SSSR count). The van der Waals surface area contributed by atoms with Gasteiger partial charge in [-0.3, -0.25) is 4.79 Å². The fourth-order valence-corrected chi connectivity index (χ4v) is 2.10. The van der Waals surface area contributed by atoms with Crippen LogP contribution in [0.15, 0.2) is 48.5 Å². The Kier molecular flexibility index (Phi) is 6.10. The van der Waals surface area contributed by atoms with Crippen LogP contribution in [0, 0.1) is 0 Å². The first kappa shape index (κ1) is 18.1. The second-order valence-corrected chi connectivity index (χ2v) is 6.46. The number of carbonyl (C=O) groups is 1. The second-order valence-electron chi connectivity index (χ2n) is 6.03. The molecule has 0 aliphatic rings. The van der Waals surface area contributed by atoms with Crippen molar-refractivity contribution in [3.8, 4) is 11.5 Å². The lowest BCUT2D eigenvalue weighted by Crippen LogP contribution is -2.34. The molecular weight excluding hydrogens is 328 g/mol. The van der Waals surface area contributed by atoms with Crippen LogP contribution in [0.4, 0.5) is 0 Å². The van der Waals surface area contributed by atoms with Crippen LogP contribution >= 0.6 is 11.6 Å². The van der Waals surface area contributed by atoms with E-state index in [4.69, 9.17) is 25.8 Å². The molecule has 0 N–H and O–H groups in total. The third kappa shape index (κ3) is 6.13. The van der Waals surface area contributed by atoms with E-state index in [-0.39, 0.29) is 12.6 Å². The van der Waals surface area contributed by atoms with Gasteiger partial charge in [0.05, 0.1) is 0 Å². The zero-order chi connectivity index (χ0) is 17.6. The van der Waals surface area contributed by atoms with Gasteiger partial charge in [0.25, 0.3) is 0 Å². The van der Waals surface area contributed by atoms with Crippen LogP contribution in [-0.4, -0.2) is 18.2 Å². The van der Waals surface area contributed by atoms with Gasteiger partial charge >= 0.3 is 5.97 Å². The van der Waals surface area contributed by atoms with Gasteiger partial charge in [0, 0.05) is 11.9 Å². The quantitative estimate of drug-likeness (QED) is 0.684. The molecule has 0 amide bonds. The lowest BCUT2D eigenvalue weighted by Gasteiger charge is -2.25. The summed E-state index contributed by atoms with van der Waals surface area (Å²) < 4.78 is 16.6. The Balaban J connectivity index is 1.88. The van der Waals surface area contributed by atoms with Gasteiger partial charge in [-0.1, -0.05) is 23.7 Å². The minimum Gasteiger partial charge on any atom is -0.489 e. The number of carbonyl (C=O) groups excluding carboxylic acids is 1. The average molecular weight is 349 g/mol. The summed E-state index contributed by atoms with van der Waals surface area (Å²) in [5.74, 6) is 1.16. The number of hydrogen-bond acceptors (Lipinski definition) is 4. The van der Waals surface area contributed by atoms with Gasteiger partial charge in [-0.15, -0.1) is 0 Å². The highest BCUT2D eigenvalue weighted by Gasteiger charge is 2.21. The van der Waals surface area contributed by atoms with Crippen molar-refractivity contribution in [1.29, 1.82) is 0 Å². The van der Waals surface area contributed by atoms with Gasteiger partial charge in [-0.25, -0.2) is 0 Å². The lowest BCUT2D eigenvalue weighted by atomic mass is 10.1. The molecule has 0 saturated heterocycles. The molecule has 0 radical (unpaired) electrons. The highest BCUT2D eigenvalue weighted by Crippen LogP contribution is 2.21. The molecule has 0 unspecified atom stereocenters. The Labute approximate surface area is 147 Å². The summed E-state index contributed by atoms with van der Waals surface area (Å²) in [5.41, 5.74) is 0.433. The summed E-state index contributed by atoms with van der Waals surface area (Å²) in [6, 6.07) is 14.9. The third-order valence-electron chi connectivity index (χ3n) is 3.16. The Morgan fingerprint density at radius 3 is 2.17 bits per heavy atom. The maximum Gasteiger partial charge on any atom is 0.302 e. The van der Waals surface area contributed by atoms with Crippen LogP contribution in [0.5, 0.6) is 11.5 Å². The number of rotatable bonds is 7. The van der Waals surface area contributed by atoms with Crippen molar-refractivity contribution in [2.24, 2.45) is 0 Å². The average Bonchev–Trinajstić information content (AvgIpc) is 2.54. The Hall–Kier alpha value is -2.20. The molecule has 2 aromatic rings. The SMILES string of the molecule is CC(=O)OCC(C)(C)Oc1ccc(COc2ccc(Cl)cc2)cc1. The van der Waals surface area contributed by atoms with Crippen molar-refractivity contribution in [3.63, 3.8) is 0 Å². The van der Waals surface area contributed by atoms with Crippen molar-refractivity contribution in [1.82, 2.24) is 0 Å². The van der Waals surface area contributed by atoms with E-state index in [9.17, 15) is 4.79 Å². The number of halogens is 1. The summed E-state index contributed by atoms with van der Waals surface area (Å²) in [6.45, 7) is 5.77. The maximum atomic E-state index is 10.9. The minimum absolute atomic E-state index is 0.198. The van der Waals surface area contributed by atoms with E-state index < -0.39 is 5.60 Å². The molecule has 4 nitrogen and oxygen atoms in total. The number of ether oxygens (including phenoxy) is 3. The van der Waals surface area contributed by atoms with Gasteiger partial charge < -0.3 is 14.2 Å². The van der Waals surface area contributed by atoms with Crippen molar-refractivity contribution < 1.29 is 19.0 Å². The van der Waals surface area contributed by atoms with Crippen molar-refractivity contribution in [2.45, 2.75) is 33.0 Å². The predicted molar refractivity (Wildman–Crippen MR) is 93.6 cm³/mol. The summed E-state index contributed by atoms with van der Waals surface area (Å²) in [7, 11) is 0. The summed E-state index contributed by atoms with van der Waals surface area (Å²) in [4.78, 5) is 10.9. The second kappa shape index (κ2) is 8.06. The normalized spacial score (nSPS) is 11.0. The molecule has 0 bridgehead atoms. The molecule has 0 heterocycles. The number of esters is 1. The van der Waals surface area contributed by atoms with Gasteiger partial charge in [-0.2, -0.15) is 0 Å². The van der Waals surface area contributed by atoms with E-state index in [1.165, 1.54) is 6.92 Å². The number of benzene rings is 2. The molecule has 0 atom stereocenters. The van der Waals surface area contributed by atoms with Crippen molar-refractivity contribution >= 4 is 17.6 Å². The predicted octanol–water partition coefficient (Wildman–Crippen LogP) is 4.64. The first-order chi connectivity index (χ1) is 11.3. The third-order valence-corrected chi connectivity index (χ3v) is 3.41. The van der Waals surface area contributed by atoms with E-state index in [1.807, 2.05) is 50.2 Å². The van der Waals surface area contributed by atoms with Gasteiger partial charge in [0.1, 0.15) is 30.3 Å². The monoisotopic (exact) mass is 348 g/mol. The van der Waals surface area contributed by atoms with E-state index in [0.717, 1.165) is 11.3 Å². The molecule has 0 saturated carbocycles. The summed E-state index contributed by atoms with van der Waals surface area (Å²) in [6.07, 6.45) is 0.